The first-order valence-electron chi connectivity index (χ1n) is 8.68. The third kappa shape index (κ3) is 6.16. The summed E-state index contributed by atoms with van der Waals surface area (Å²) in [5.41, 5.74) is 1.20. The van der Waals surface area contributed by atoms with E-state index in [4.69, 9.17) is 14.0 Å². The van der Waals surface area contributed by atoms with E-state index < -0.39 is 0 Å². The summed E-state index contributed by atoms with van der Waals surface area (Å²) >= 11 is 0. The largest absolute Gasteiger partial charge is 0.485 e. The molecular weight excluding hydrogens is 349 g/mol. The van der Waals surface area contributed by atoms with Crippen LogP contribution in [0.3, 0.4) is 0 Å². The third-order valence-electron chi connectivity index (χ3n) is 3.91. The first kappa shape index (κ1) is 19.0. The minimum atomic E-state index is -0.307. The molecule has 2 aromatic carbocycles. The third-order valence-corrected chi connectivity index (χ3v) is 3.91. The van der Waals surface area contributed by atoms with E-state index in [1.807, 2.05) is 18.2 Å². The Bertz CT molecular complexity index is 809. The fourth-order valence-corrected chi connectivity index (χ4v) is 2.56. The van der Waals surface area contributed by atoms with E-state index in [1.54, 1.807) is 19.2 Å². The molecule has 0 aliphatic carbocycles. The molecule has 0 radical (unpaired) electrons. The molecule has 0 aliphatic heterocycles. The van der Waals surface area contributed by atoms with Gasteiger partial charge in [0, 0.05) is 20.2 Å². The van der Waals surface area contributed by atoms with Gasteiger partial charge in [-0.2, -0.15) is 4.98 Å². The van der Waals surface area contributed by atoms with Gasteiger partial charge in [-0.1, -0.05) is 35.5 Å². The minimum Gasteiger partial charge on any atom is -0.485 e. The summed E-state index contributed by atoms with van der Waals surface area (Å²) in [6.07, 6.45) is 0. The molecule has 0 N–H and O–H groups in total. The van der Waals surface area contributed by atoms with Crippen molar-refractivity contribution >= 4 is 0 Å². The van der Waals surface area contributed by atoms with Gasteiger partial charge < -0.3 is 14.0 Å². The van der Waals surface area contributed by atoms with Crippen molar-refractivity contribution in [2.75, 3.05) is 20.3 Å². The lowest BCUT2D eigenvalue weighted by molar-refractivity contribution is 0.131. The highest BCUT2D eigenvalue weighted by Gasteiger charge is 2.13. The Labute approximate surface area is 157 Å². The van der Waals surface area contributed by atoms with Crippen molar-refractivity contribution in [3.8, 4) is 5.75 Å². The van der Waals surface area contributed by atoms with E-state index in [1.165, 1.54) is 17.7 Å². The lowest BCUT2D eigenvalue weighted by Gasteiger charge is -2.20. The maximum Gasteiger partial charge on any atom is 0.240 e. The Balaban J connectivity index is 1.56. The average Bonchev–Trinajstić information content (AvgIpc) is 3.14. The molecule has 1 aromatic heterocycles. The van der Waals surface area contributed by atoms with Crippen LogP contribution in [0.2, 0.25) is 0 Å². The zero-order valence-electron chi connectivity index (χ0n) is 15.2. The molecule has 142 valence electrons. The number of ether oxygens (including phenoxy) is 2. The van der Waals surface area contributed by atoms with Gasteiger partial charge in [0.2, 0.25) is 11.7 Å². The first-order valence-corrected chi connectivity index (χ1v) is 8.68. The van der Waals surface area contributed by atoms with Gasteiger partial charge in [-0.3, -0.25) is 4.90 Å². The summed E-state index contributed by atoms with van der Waals surface area (Å²) in [4.78, 5) is 6.55. The van der Waals surface area contributed by atoms with Gasteiger partial charge in [-0.05, 0) is 29.8 Å². The molecule has 3 aromatic rings. The van der Waals surface area contributed by atoms with Crippen molar-refractivity contribution in [3.05, 3.63) is 77.7 Å². The van der Waals surface area contributed by atoms with Crippen LogP contribution in [0.25, 0.3) is 0 Å². The Morgan fingerprint density at radius 3 is 2.56 bits per heavy atom. The van der Waals surface area contributed by atoms with Crippen LogP contribution in [0, 0.1) is 5.82 Å². The van der Waals surface area contributed by atoms with Gasteiger partial charge in [0.05, 0.1) is 13.2 Å². The molecule has 0 unspecified atom stereocenters. The first-order chi connectivity index (χ1) is 13.2. The smallest absolute Gasteiger partial charge is 0.240 e. The van der Waals surface area contributed by atoms with Crippen LogP contribution in [-0.4, -0.2) is 35.3 Å². The molecule has 7 heteroatoms. The predicted octanol–water partition coefficient (Wildman–Crippen LogP) is 3.44. The Kier molecular flexibility index (Phi) is 6.90. The molecule has 0 saturated carbocycles. The number of aromatic nitrogens is 2. The van der Waals surface area contributed by atoms with Gasteiger partial charge in [0.15, 0.2) is 6.61 Å². The highest BCUT2D eigenvalue weighted by atomic mass is 19.1. The molecule has 6 nitrogen and oxygen atoms in total. The molecule has 0 aliphatic rings. The highest BCUT2D eigenvalue weighted by Crippen LogP contribution is 2.13. The summed E-state index contributed by atoms with van der Waals surface area (Å²) < 4.78 is 29.0. The van der Waals surface area contributed by atoms with Crippen LogP contribution < -0.4 is 4.74 Å². The van der Waals surface area contributed by atoms with Crippen molar-refractivity contribution in [2.45, 2.75) is 19.7 Å². The number of methoxy groups -OCH3 is 1. The van der Waals surface area contributed by atoms with E-state index in [-0.39, 0.29) is 12.4 Å². The number of halogens is 1. The number of nitrogens with zero attached hydrogens (tertiary/aromatic N) is 3. The molecule has 1 heterocycles. The van der Waals surface area contributed by atoms with Crippen molar-refractivity contribution in [3.63, 3.8) is 0 Å². The molecule has 0 bridgehead atoms. The summed E-state index contributed by atoms with van der Waals surface area (Å²) in [7, 11) is 1.68. The number of hydrogen-bond donors (Lipinski definition) is 0. The van der Waals surface area contributed by atoms with Crippen molar-refractivity contribution in [1.29, 1.82) is 0 Å². The molecule has 0 atom stereocenters. The quantitative estimate of drug-likeness (QED) is 0.544. The summed E-state index contributed by atoms with van der Waals surface area (Å²) in [6.45, 7) is 2.79. The lowest BCUT2D eigenvalue weighted by atomic mass is 10.2. The molecule has 0 amide bonds. The van der Waals surface area contributed by atoms with Crippen molar-refractivity contribution in [1.82, 2.24) is 15.0 Å². The number of rotatable bonds is 10. The van der Waals surface area contributed by atoms with Crippen LogP contribution in [0.4, 0.5) is 4.39 Å². The Morgan fingerprint density at radius 1 is 1.04 bits per heavy atom. The Hall–Kier alpha value is -2.77. The topological polar surface area (TPSA) is 60.6 Å². The maximum absolute atomic E-state index is 12.9. The number of benzene rings is 2. The lowest BCUT2D eigenvalue weighted by Crippen LogP contribution is -2.26. The summed E-state index contributed by atoms with van der Waals surface area (Å²) in [6, 6.07) is 16.0. The number of hydrogen-bond acceptors (Lipinski definition) is 6. The van der Waals surface area contributed by atoms with Gasteiger partial charge in [-0.25, -0.2) is 4.39 Å². The maximum atomic E-state index is 12.9. The molecule has 3 rings (SSSR count). The van der Waals surface area contributed by atoms with E-state index in [9.17, 15) is 4.39 Å². The summed E-state index contributed by atoms with van der Waals surface area (Å²) in [5, 5.41) is 3.95. The Morgan fingerprint density at radius 2 is 1.81 bits per heavy atom. The van der Waals surface area contributed by atoms with E-state index in [0.717, 1.165) is 13.1 Å². The van der Waals surface area contributed by atoms with Crippen molar-refractivity contribution in [2.24, 2.45) is 0 Å². The predicted molar refractivity (Wildman–Crippen MR) is 97.5 cm³/mol. The molecule has 0 spiro atoms. The molecule has 0 fully saturated rings. The van der Waals surface area contributed by atoms with Crippen LogP contribution >= 0.6 is 0 Å². The van der Waals surface area contributed by atoms with Crippen LogP contribution in [0.5, 0.6) is 5.75 Å². The second-order valence-corrected chi connectivity index (χ2v) is 6.04. The molecule has 27 heavy (non-hydrogen) atoms. The molecule has 0 saturated heterocycles. The van der Waals surface area contributed by atoms with E-state index >= 15 is 0 Å². The monoisotopic (exact) mass is 371 g/mol. The standard InChI is InChI=1S/C20H22FN3O3/c1-25-12-11-24(13-16-5-3-2-4-6-16)14-20-22-19(23-27-20)15-26-18-9-7-17(21)8-10-18/h2-10H,11-15H2,1H3. The second kappa shape index (κ2) is 9.80. The van der Waals surface area contributed by atoms with Crippen LogP contribution in [0.1, 0.15) is 17.3 Å². The van der Waals surface area contributed by atoms with E-state index in [0.29, 0.717) is 30.6 Å². The SMILES string of the molecule is COCCN(Cc1ccccc1)Cc1nc(COc2ccc(F)cc2)no1. The zero-order chi connectivity index (χ0) is 18.9. The summed E-state index contributed by atoms with van der Waals surface area (Å²) in [5.74, 6) is 1.20. The van der Waals surface area contributed by atoms with Gasteiger partial charge in [0.25, 0.3) is 0 Å². The minimum absolute atomic E-state index is 0.159. The zero-order valence-corrected chi connectivity index (χ0v) is 15.2. The fraction of sp³-hybridized carbons (Fsp3) is 0.300. The highest BCUT2D eigenvalue weighted by molar-refractivity contribution is 5.22. The van der Waals surface area contributed by atoms with Crippen LogP contribution in [0.15, 0.2) is 59.1 Å². The molecular formula is C20H22FN3O3. The fourth-order valence-electron chi connectivity index (χ4n) is 2.56. The van der Waals surface area contributed by atoms with Gasteiger partial charge in [0.1, 0.15) is 11.6 Å². The normalized spacial score (nSPS) is 11.1. The van der Waals surface area contributed by atoms with Crippen LogP contribution in [-0.2, 0) is 24.4 Å². The second-order valence-electron chi connectivity index (χ2n) is 6.04. The van der Waals surface area contributed by atoms with Gasteiger partial charge >= 0.3 is 0 Å². The van der Waals surface area contributed by atoms with E-state index in [2.05, 4.69) is 27.2 Å². The van der Waals surface area contributed by atoms with Gasteiger partial charge in [-0.15, -0.1) is 0 Å². The average molecular weight is 371 g/mol. The van der Waals surface area contributed by atoms with Crippen molar-refractivity contribution < 1.29 is 18.4 Å².